The first-order valence-corrected chi connectivity index (χ1v) is 24.5. The third-order valence-corrected chi connectivity index (χ3v) is 14.1. The standard InChI is InChI=1S/C25H24ClN5O6.C25H26ClN5O4.ClH/c26-15-5-10-20(27-13-15)28-25(34)23-22(18-12-17(31(35)36)8-9-19(18)37-23)29-24(33)14-3-6-16(7-4-14)30-11-1-2-21(30)32;26-15-5-10-20(28-13-15)29-25(34)23-22(18-12-16(27)6-9-19(18)35-23)30-24(33)14-3-7-17(8-4-14)31-11-1-2-21(31)32;/h5,8-10,12-14,16H,1-4,6-7,11H2,(H,29,33)(H,27,28,34);5-6,9-10,12-14,17H,1-4,7-8,11,27H2,(H,30,33)(H,28,29,34);1H. The van der Waals surface area contributed by atoms with Crippen LogP contribution in [-0.4, -0.2) is 85.3 Å². The number of hydrogen-bond donors (Lipinski definition) is 5. The second-order valence-electron chi connectivity index (χ2n) is 18.3. The molecule has 2 aliphatic heterocycles. The predicted octanol–water partition coefficient (Wildman–Crippen LogP) is 9.62. The Kier molecular flexibility index (Phi) is 16.1. The van der Waals surface area contributed by atoms with Crippen LogP contribution in [0.2, 0.25) is 10.0 Å². The number of hydrogen-bond acceptors (Lipinski definition) is 13. The van der Waals surface area contributed by atoms with Crippen LogP contribution < -0.4 is 27.0 Å². The van der Waals surface area contributed by atoms with Crippen LogP contribution in [0.4, 0.5) is 34.4 Å². The van der Waals surface area contributed by atoms with Gasteiger partial charge in [-0.1, -0.05) is 23.2 Å². The number of non-ortho nitro benzene ring substituents is 1. The molecule has 23 heteroatoms. The topological polar surface area (TPSA) is 278 Å². The number of nitrogen functional groups attached to an aromatic ring is 1. The van der Waals surface area contributed by atoms with Gasteiger partial charge in [0.1, 0.15) is 34.2 Å². The molecule has 6 amide bonds. The van der Waals surface area contributed by atoms with E-state index in [0.717, 1.165) is 51.6 Å². The summed E-state index contributed by atoms with van der Waals surface area (Å²) in [5.41, 5.74) is 7.23. The van der Waals surface area contributed by atoms with E-state index in [-0.39, 0.29) is 105 Å². The van der Waals surface area contributed by atoms with Gasteiger partial charge in [-0.25, -0.2) is 9.97 Å². The minimum Gasteiger partial charge on any atom is -0.449 e. The molecular weight excluding hydrogens is 1010 g/mol. The monoisotopic (exact) mass is 1060 g/mol. The highest BCUT2D eigenvalue weighted by atomic mass is 35.5. The Morgan fingerprint density at radius 3 is 1.47 bits per heavy atom. The summed E-state index contributed by atoms with van der Waals surface area (Å²) in [5, 5.41) is 24.0. The molecule has 0 atom stereocenters. The van der Waals surface area contributed by atoms with E-state index < -0.39 is 16.7 Å². The molecule has 2 aromatic carbocycles. The van der Waals surface area contributed by atoms with E-state index >= 15 is 0 Å². The number of amides is 6. The molecule has 2 saturated carbocycles. The van der Waals surface area contributed by atoms with Crippen molar-refractivity contribution < 1.29 is 42.5 Å². The Bertz CT molecular complexity index is 3080. The Balaban J connectivity index is 0.000000192. The number of aromatic nitrogens is 2. The highest BCUT2D eigenvalue weighted by Gasteiger charge is 2.36. The largest absolute Gasteiger partial charge is 0.449 e. The number of nitro benzene ring substituents is 1. The number of carbonyl (C=O) groups is 6. The summed E-state index contributed by atoms with van der Waals surface area (Å²) < 4.78 is 11.5. The van der Waals surface area contributed by atoms with Crippen LogP contribution in [0, 0.1) is 22.0 Å². The molecule has 382 valence electrons. The van der Waals surface area contributed by atoms with Crippen LogP contribution in [0.15, 0.2) is 81.9 Å². The number of benzene rings is 2. The number of furan rings is 2. The van der Waals surface area contributed by atoms with E-state index in [1.807, 2.05) is 9.80 Å². The van der Waals surface area contributed by atoms with E-state index in [1.165, 1.54) is 36.7 Å². The minimum atomic E-state index is -0.680. The summed E-state index contributed by atoms with van der Waals surface area (Å²) in [7, 11) is 0. The van der Waals surface area contributed by atoms with Gasteiger partial charge >= 0.3 is 0 Å². The van der Waals surface area contributed by atoms with Crippen LogP contribution >= 0.6 is 35.6 Å². The molecule has 6 aromatic rings. The zero-order valence-corrected chi connectivity index (χ0v) is 41.5. The van der Waals surface area contributed by atoms with Crippen LogP contribution in [0.1, 0.15) is 98.2 Å². The van der Waals surface area contributed by atoms with E-state index in [4.69, 9.17) is 37.8 Å². The van der Waals surface area contributed by atoms with Gasteiger partial charge in [-0.3, -0.25) is 38.9 Å². The normalized spacial score (nSPS) is 19.7. The third-order valence-electron chi connectivity index (χ3n) is 13.7. The van der Waals surface area contributed by atoms with Crippen molar-refractivity contribution in [2.24, 2.45) is 11.8 Å². The first-order valence-electron chi connectivity index (χ1n) is 23.8. The summed E-state index contributed by atoms with van der Waals surface area (Å²) >= 11 is 11.7. The number of rotatable bonds is 11. The van der Waals surface area contributed by atoms with Crippen molar-refractivity contribution in [3.63, 3.8) is 0 Å². The maximum atomic E-state index is 13.3. The summed E-state index contributed by atoms with van der Waals surface area (Å²) in [4.78, 5) is 99.6. The van der Waals surface area contributed by atoms with Crippen molar-refractivity contribution in [2.75, 3.05) is 40.1 Å². The Morgan fingerprint density at radius 2 is 1.07 bits per heavy atom. The number of pyridine rings is 2. The highest BCUT2D eigenvalue weighted by molar-refractivity contribution is 6.30. The molecule has 4 fully saturated rings. The highest BCUT2D eigenvalue weighted by Crippen LogP contribution is 2.38. The molecule has 4 aliphatic rings. The Hall–Kier alpha value is -7.29. The molecule has 6 N–H and O–H groups in total. The second-order valence-corrected chi connectivity index (χ2v) is 19.2. The molecule has 0 radical (unpaired) electrons. The molecule has 4 aromatic heterocycles. The van der Waals surface area contributed by atoms with Gasteiger partial charge in [0.15, 0.2) is 0 Å². The van der Waals surface area contributed by atoms with Crippen LogP contribution in [0.25, 0.3) is 21.9 Å². The molecule has 10 rings (SSSR count). The maximum Gasteiger partial charge on any atom is 0.294 e. The molecule has 0 unspecified atom stereocenters. The smallest absolute Gasteiger partial charge is 0.294 e. The Morgan fingerprint density at radius 1 is 0.630 bits per heavy atom. The van der Waals surface area contributed by atoms with Crippen molar-refractivity contribution in [1.82, 2.24) is 19.8 Å². The van der Waals surface area contributed by atoms with Crippen LogP contribution in [0.3, 0.4) is 0 Å². The van der Waals surface area contributed by atoms with E-state index in [0.29, 0.717) is 71.0 Å². The minimum absolute atomic E-state index is 0. The lowest BCUT2D eigenvalue weighted by Crippen LogP contribution is -2.40. The number of nitrogens with two attached hydrogens (primary N) is 1. The molecule has 2 saturated heterocycles. The van der Waals surface area contributed by atoms with Gasteiger partial charge in [0.2, 0.25) is 35.1 Å². The van der Waals surface area contributed by atoms with Crippen molar-refractivity contribution in [2.45, 2.75) is 89.1 Å². The Labute approximate surface area is 433 Å². The summed E-state index contributed by atoms with van der Waals surface area (Å²) in [6.07, 6.45) is 11.3. The molecule has 0 bridgehead atoms. The number of carbonyl (C=O) groups excluding carboxylic acids is 6. The number of fused-ring (bicyclic) bond motifs is 2. The van der Waals surface area contributed by atoms with Gasteiger partial charge < -0.3 is 45.6 Å². The van der Waals surface area contributed by atoms with Crippen molar-refractivity contribution >= 4 is 127 Å². The van der Waals surface area contributed by atoms with Gasteiger partial charge in [0.25, 0.3) is 17.5 Å². The zero-order valence-electron chi connectivity index (χ0n) is 39.2. The number of halogens is 3. The molecule has 73 heavy (non-hydrogen) atoms. The lowest BCUT2D eigenvalue weighted by molar-refractivity contribution is -0.384. The molecular formula is C50H51Cl3N10O10. The number of anilines is 5. The van der Waals surface area contributed by atoms with Crippen molar-refractivity contribution in [3.05, 3.63) is 105 Å². The first kappa shape index (κ1) is 52.0. The third kappa shape index (κ3) is 11.8. The first-order chi connectivity index (χ1) is 34.7. The van der Waals surface area contributed by atoms with Gasteiger partial charge in [-0.05, 0) is 113 Å². The second kappa shape index (κ2) is 22.6. The molecule has 6 heterocycles. The van der Waals surface area contributed by atoms with Gasteiger partial charge in [0.05, 0.1) is 20.4 Å². The number of nitrogens with one attached hydrogen (secondary N) is 4. The molecule has 20 nitrogen and oxygen atoms in total. The van der Waals surface area contributed by atoms with E-state index in [2.05, 4.69) is 31.2 Å². The number of nitrogens with zero attached hydrogens (tertiary/aromatic N) is 5. The maximum absolute atomic E-state index is 13.3. The number of nitro groups is 1. The predicted molar refractivity (Wildman–Crippen MR) is 276 cm³/mol. The fourth-order valence-electron chi connectivity index (χ4n) is 9.99. The average molecular weight is 1060 g/mol. The average Bonchev–Trinajstić information content (AvgIpc) is 4.18. The van der Waals surface area contributed by atoms with Gasteiger partial charge in [-0.2, -0.15) is 0 Å². The van der Waals surface area contributed by atoms with Crippen molar-refractivity contribution in [3.8, 4) is 0 Å². The van der Waals surface area contributed by atoms with Crippen LogP contribution in [-0.2, 0) is 19.2 Å². The molecule has 0 spiro atoms. The lowest BCUT2D eigenvalue weighted by Gasteiger charge is -2.34. The summed E-state index contributed by atoms with van der Waals surface area (Å²) in [6.45, 7) is 1.57. The van der Waals surface area contributed by atoms with Crippen molar-refractivity contribution in [1.29, 1.82) is 0 Å². The van der Waals surface area contributed by atoms with Crippen LogP contribution in [0.5, 0.6) is 0 Å². The summed E-state index contributed by atoms with van der Waals surface area (Å²) in [6, 6.07) is 15.5. The van der Waals surface area contributed by atoms with E-state index in [9.17, 15) is 38.9 Å². The summed E-state index contributed by atoms with van der Waals surface area (Å²) in [5.74, 6) is -1.60. The SMILES string of the molecule is Cl.Nc1ccc2oc(C(=O)Nc3ccc(Cl)cn3)c(NC(=O)C3CCC(N4CCCC4=O)CC3)c2c1.O=C(Nc1ccc(Cl)cn1)c1oc2ccc([N+](=O)[O-])cc2c1NC(=O)C1CCC(N2CCCC2=O)CC1. The van der Waals surface area contributed by atoms with E-state index in [1.54, 1.807) is 36.4 Å². The fraction of sp³-hybridized carbons (Fsp3) is 0.360. The van der Waals surface area contributed by atoms with Gasteiger partial charge in [-0.15, -0.1) is 12.4 Å². The quantitative estimate of drug-likeness (QED) is 0.0460. The lowest BCUT2D eigenvalue weighted by atomic mass is 9.84. The molecule has 2 aliphatic carbocycles. The number of likely N-dealkylation sites (tertiary alicyclic amines) is 2. The zero-order chi connectivity index (χ0) is 50.6. The fourth-order valence-corrected chi connectivity index (χ4v) is 10.2. The van der Waals surface area contributed by atoms with Gasteiger partial charge in [0, 0.05) is 85.5 Å².